The van der Waals surface area contributed by atoms with E-state index < -0.39 is 5.82 Å². The molecule has 1 aromatic carbocycles. The van der Waals surface area contributed by atoms with Gasteiger partial charge in [-0.25, -0.2) is 14.4 Å². The number of nitrogens with zero attached hydrogens (tertiary/aromatic N) is 4. The Morgan fingerprint density at radius 1 is 1.35 bits per heavy atom. The van der Waals surface area contributed by atoms with E-state index in [0.717, 1.165) is 16.1 Å². The van der Waals surface area contributed by atoms with Gasteiger partial charge in [0.1, 0.15) is 17.2 Å². The molecule has 0 bridgehead atoms. The normalized spacial score (nSPS) is 10.9. The van der Waals surface area contributed by atoms with Gasteiger partial charge in [-0.3, -0.25) is 9.48 Å². The predicted octanol–water partition coefficient (Wildman–Crippen LogP) is 2.62. The molecule has 3 aromatic rings. The Kier molecular flexibility index (Phi) is 4.52. The molecule has 8 heteroatoms. The Hall–Kier alpha value is -2.48. The number of carbonyl (C=O) groups excluding carboxylic acids is 1. The van der Waals surface area contributed by atoms with Gasteiger partial charge in [0.25, 0.3) is 0 Å². The summed E-state index contributed by atoms with van der Waals surface area (Å²) in [5, 5.41) is 8.34. The van der Waals surface area contributed by atoms with Crippen molar-refractivity contribution in [1.29, 1.82) is 0 Å². The zero-order chi connectivity index (χ0) is 16.2. The molecule has 0 aliphatic rings. The molecule has 0 aliphatic heterocycles. The summed E-state index contributed by atoms with van der Waals surface area (Å²) in [5.41, 5.74) is 0.942. The molecule has 0 atom stereocenters. The lowest BCUT2D eigenvalue weighted by Crippen LogP contribution is -2.13. The first kappa shape index (κ1) is 15.4. The van der Waals surface area contributed by atoms with Crippen LogP contribution in [-0.4, -0.2) is 31.4 Å². The Labute approximate surface area is 136 Å². The van der Waals surface area contributed by atoms with E-state index in [-0.39, 0.29) is 18.0 Å². The molecule has 2 aromatic heterocycles. The van der Waals surface area contributed by atoms with Crippen LogP contribution in [0.2, 0.25) is 0 Å². The molecular weight excluding hydrogens is 317 g/mol. The Morgan fingerprint density at radius 3 is 3.00 bits per heavy atom. The highest BCUT2D eigenvalue weighted by Crippen LogP contribution is 2.24. The Morgan fingerprint density at radius 2 is 2.17 bits per heavy atom. The van der Waals surface area contributed by atoms with Crippen LogP contribution in [0.1, 0.15) is 6.42 Å². The van der Waals surface area contributed by atoms with Crippen LogP contribution >= 0.6 is 11.8 Å². The van der Waals surface area contributed by atoms with Crippen LogP contribution in [0.25, 0.3) is 11.0 Å². The molecule has 118 valence electrons. The summed E-state index contributed by atoms with van der Waals surface area (Å²) in [6.45, 7) is 0. The Balaban J connectivity index is 1.58. The first-order chi connectivity index (χ1) is 11.1. The van der Waals surface area contributed by atoms with E-state index in [1.807, 2.05) is 7.05 Å². The van der Waals surface area contributed by atoms with Crippen LogP contribution in [0.5, 0.6) is 0 Å². The van der Waals surface area contributed by atoms with Gasteiger partial charge in [-0.1, -0.05) is 12.1 Å². The van der Waals surface area contributed by atoms with Crippen molar-refractivity contribution in [1.82, 2.24) is 19.7 Å². The summed E-state index contributed by atoms with van der Waals surface area (Å²) >= 11 is 1.45. The number of fused-ring (bicyclic) bond motifs is 1. The fraction of sp³-hybridized carbons (Fsp3) is 0.200. The minimum Gasteiger partial charge on any atom is -0.324 e. The van der Waals surface area contributed by atoms with Crippen molar-refractivity contribution in [2.75, 3.05) is 11.1 Å². The average molecular weight is 331 g/mol. The van der Waals surface area contributed by atoms with Gasteiger partial charge in [0.05, 0.1) is 17.3 Å². The zero-order valence-electron chi connectivity index (χ0n) is 12.4. The van der Waals surface area contributed by atoms with E-state index in [9.17, 15) is 9.18 Å². The monoisotopic (exact) mass is 331 g/mol. The number of rotatable bonds is 5. The van der Waals surface area contributed by atoms with Crippen LogP contribution in [0, 0.1) is 5.82 Å². The molecule has 23 heavy (non-hydrogen) atoms. The SMILES string of the molecule is Cn1ncc2c(SCCC(=O)Nc3ccccc3F)ncnc21. The topological polar surface area (TPSA) is 72.7 Å². The second-order valence-corrected chi connectivity index (χ2v) is 5.89. The molecule has 3 rings (SSSR count). The number of nitrogens with one attached hydrogen (secondary N) is 1. The van der Waals surface area contributed by atoms with Gasteiger partial charge in [0.2, 0.25) is 5.91 Å². The van der Waals surface area contributed by atoms with Crippen molar-refractivity contribution >= 4 is 34.4 Å². The van der Waals surface area contributed by atoms with Gasteiger partial charge in [0.15, 0.2) is 5.65 Å². The molecular formula is C15H14FN5OS. The highest BCUT2D eigenvalue weighted by atomic mass is 32.2. The fourth-order valence-electron chi connectivity index (χ4n) is 2.07. The lowest BCUT2D eigenvalue weighted by Gasteiger charge is -2.06. The molecule has 0 radical (unpaired) electrons. The third-order valence-corrected chi connectivity index (χ3v) is 4.22. The van der Waals surface area contributed by atoms with Gasteiger partial charge in [-0.05, 0) is 12.1 Å². The largest absolute Gasteiger partial charge is 0.324 e. The summed E-state index contributed by atoms with van der Waals surface area (Å²) in [4.78, 5) is 20.3. The van der Waals surface area contributed by atoms with Crippen LogP contribution < -0.4 is 5.32 Å². The maximum Gasteiger partial charge on any atom is 0.225 e. The maximum atomic E-state index is 13.5. The number of thioether (sulfide) groups is 1. The van der Waals surface area contributed by atoms with Crippen molar-refractivity contribution in [2.24, 2.45) is 7.05 Å². The number of hydrogen-bond donors (Lipinski definition) is 1. The number of carbonyl (C=O) groups is 1. The molecule has 0 spiro atoms. The third-order valence-electron chi connectivity index (χ3n) is 3.21. The zero-order valence-corrected chi connectivity index (χ0v) is 13.2. The highest BCUT2D eigenvalue weighted by molar-refractivity contribution is 7.99. The minimum absolute atomic E-state index is 0.194. The molecule has 0 saturated heterocycles. The minimum atomic E-state index is -0.443. The Bertz CT molecular complexity index is 851. The molecule has 0 fully saturated rings. The quantitative estimate of drug-likeness (QED) is 0.575. The molecule has 6 nitrogen and oxygen atoms in total. The van der Waals surface area contributed by atoms with E-state index >= 15 is 0 Å². The van der Waals surface area contributed by atoms with Crippen molar-refractivity contribution in [3.05, 3.63) is 42.6 Å². The molecule has 0 saturated carbocycles. The van der Waals surface area contributed by atoms with Gasteiger partial charge >= 0.3 is 0 Å². The van der Waals surface area contributed by atoms with Crippen molar-refractivity contribution < 1.29 is 9.18 Å². The summed E-state index contributed by atoms with van der Waals surface area (Å²) in [6.07, 6.45) is 3.44. The second kappa shape index (κ2) is 6.74. The highest BCUT2D eigenvalue weighted by Gasteiger charge is 2.10. The van der Waals surface area contributed by atoms with E-state index in [4.69, 9.17) is 0 Å². The van der Waals surface area contributed by atoms with Gasteiger partial charge in [0, 0.05) is 19.2 Å². The lowest BCUT2D eigenvalue weighted by atomic mass is 10.3. The summed E-state index contributed by atoms with van der Waals surface area (Å²) in [7, 11) is 1.81. The first-order valence-electron chi connectivity index (χ1n) is 6.95. The maximum absolute atomic E-state index is 13.5. The van der Waals surface area contributed by atoms with Gasteiger partial charge < -0.3 is 5.32 Å². The van der Waals surface area contributed by atoms with Crippen LogP contribution in [0.4, 0.5) is 10.1 Å². The van der Waals surface area contributed by atoms with Crippen molar-refractivity contribution in [3.63, 3.8) is 0 Å². The number of benzene rings is 1. The number of aryl methyl sites for hydroxylation is 1. The first-order valence-corrected chi connectivity index (χ1v) is 7.93. The molecule has 1 amide bonds. The van der Waals surface area contributed by atoms with Crippen LogP contribution in [0.3, 0.4) is 0 Å². The van der Waals surface area contributed by atoms with E-state index in [2.05, 4.69) is 20.4 Å². The van der Waals surface area contributed by atoms with Gasteiger partial charge in [-0.15, -0.1) is 11.8 Å². The fourth-order valence-corrected chi connectivity index (χ4v) is 2.97. The van der Waals surface area contributed by atoms with Gasteiger partial charge in [-0.2, -0.15) is 5.10 Å². The number of anilines is 1. The van der Waals surface area contributed by atoms with E-state index in [1.165, 1.54) is 30.2 Å². The van der Waals surface area contributed by atoms with Crippen LogP contribution in [0.15, 0.2) is 41.8 Å². The summed E-state index contributed by atoms with van der Waals surface area (Å²) in [5.74, 6) is -0.151. The molecule has 0 aliphatic carbocycles. The third kappa shape index (κ3) is 3.48. The predicted molar refractivity (Wildman–Crippen MR) is 86.7 cm³/mol. The lowest BCUT2D eigenvalue weighted by molar-refractivity contribution is -0.115. The average Bonchev–Trinajstić information content (AvgIpc) is 2.92. The number of amides is 1. The molecule has 0 unspecified atom stereocenters. The number of hydrogen-bond acceptors (Lipinski definition) is 5. The standard InChI is InChI=1S/C15H14FN5OS/c1-21-14-10(8-19-21)15(18-9-17-14)23-7-6-13(22)20-12-5-3-2-4-11(12)16/h2-5,8-9H,6-7H2,1H3,(H,20,22). The number of aromatic nitrogens is 4. The number of halogens is 1. The second-order valence-electron chi connectivity index (χ2n) is 4.81. The molecule has 1 N–H and O–H groups in total. The molecule has 2 heterocycles. The smallest absolute Gasteiger partial charge is 0.225 e. The van der Waals surface area contributed by atoms with Crippen molar-refractivity contribution in [3.8, 4) is 0 Å². The van der Waals surface area contributed by atoms with E-state index in [0.29, 0.717) is 5.75 Å². The van der Waals surface area contributed by atoms with Crippen molar-refractivity contribution in [2.45, 2.75) is 11.4 Å². The van der Waals surface area contributed by atoms with Crippen LogP contribution in [-0.2, 0) is 11.8 Å². The van der Waals surface area contributed by atoms with E-state index in [1.54, 1.807) is 23.0 Å². The number of para-hydroxylation sites is 1. The summed E-state index contributed by atoms with van der Waals surface area (Å²) in [6, 6.07) is 6.09. The summed E-state index contributed by atoms with van der Waals surface area (Å²) < 4.78 is 15.1.